The molecule has 2 aromatic rings. The molecule has 0 atom stereocenters. The van der Waals surface area contributed by atoms with E-state index in [2.05, 4.69) is 31.3 Å². The molecule has 2 aliphatic heterocycles. The molecule has 2 aromatic carbocycles. The molecule has 2 heterocycles. The van der Waals surface area contributed by atoms with Crippen molar-refractivity contribution in [2.75, 3.05) is 36.8 Å². The van der Waals surface area contributed by atoms with E-state index in [1.54, 1.807) is 36.4 Å². The van der Waals surface area contributed by atoms with Crippen molar-refractivity contribution in [3.63, 3.8) is 0 Å². The minimum absolute atomic E-state index is 0.592. The smallest absolute Gasteiger partial charge is 0.196 e. The molecule has 0 spiro atoms. The number of benzene rings is 2. The molecule has 6 nitrogen and oxygen atoms in total. The predicted molar refractivity (Wildman–Crippen MR) is 121 cm³/mol. The fourth-order valence-electron chi connectivity index (χ4n) is 2.43. The number of para-hydroxylation sites is 2. The van der Waals surface area contributed by atoms with Crippen LogP contribution >= 0.6 is 46.4 Å². The molecule has 0 aromatic heterocycles. The zero-order valence-electron chi connectivity index (χ0n) is 14.7. The Kier molecular flexibility index (Phi) is 7.50. The molecule has 148 valence electrons. The van der Waals surface area contributed by atoms with E-state index >= 15 is 0 Å². The summed E-state index contributed by atoms with van der Waals surface area (Å²) in [6, 6.07) is 10.7. The molecule has 10 heteroatoms. The summed E-state index contributed by atoms with van der Waals surface area (Å²) in [6.45, 7) is 3.27. The van der Waals surface area contributed by atoms with Gasteiger partial charge in [0.15, 0.2) is 11.9 Å². The number of aliphatic imine (C=N–C) groups is 2. The molecule has 0 aliphatic carbocycles. The Bertz CT molecular complexity index is 786. The first kappa shape index (κ1) is 20.9. The molecule has 0 unspecified atom stereocenters. The van der Waals surface area contributed by atoms with Gasteiger partial charge in [-0.25, -0.2) is 0 Å². The fraction of sp³-hybridized carbons (Fsp3) is 0.222. The lowest BCUT2D eigenvalue weighted by atomic mass is 10.3. The lowest BCUT2D eigenvalue weighted by Crippen LogP contribution is -2.26. The van der Waals surface area contributed by atoms with Gasteiger partial charge in [-0.15, -0.1) is 0 Å². The lowest BCUT2D eigenvalue weighted by molar-refractivity contribution is 0.959. The number of hydrogen-bond acceptors (Lipinski definition) is 6. The Morgan fingerprint density at radius 2 is 1.00 bits per heavy atom. The zero-order chi connectivity index (χ0) is 19.9. The van der Waals surface area contributed by atoms with E-state index in [4.69, 9.17) is 46.4 Å². The summed E-state index contributed by atoms with van der Waals surface area (Å²) in [6.07, 6.45) is 0. The van der Waals surface area contributed by atoms with Crippen LogP contribution in [0.4, 0.5) is 11.4 Å². The Hall–Kier alpha value is -1.86. The Morgan fingerprint density at radius 3 is 1.29 bits per heavy atom. The van der Waals surface area contributed by atoms with Crippen LogP contribution in [0, 0.1) is 0 Å². The number of guanidine groups is 2. The third kappa shape index (κ3) is 5.58. The van der Waals surface area contributed by atoms with Crippen molar-refractivity contribution in [3.05, 3.63) is 56.5 Å². The maximum Gasteiger partial charge on any atom is 0.196 e. The normalized spacial score (nSPS) is 14.9. The minimum atomic E-state index is 0.592. The van der Waals surface area contributed by atoms with Crippen molar-refractivity contribution in [1.29, 1.82) is 0 Å². The summed E-state index contributed by atoms with van der Waals surface area (Å²) in [5, 5.41) is 14.6. The van der Waals surface area contributed by atoms with E-state index in [1.165, 1.54) is 0 Å². The van der Waals surface area contributed by atoms with Gasteiger partial charge < -0.3 is 21.3 Å². The highest BCUT2D eigenvalue weighted by Crippen LogP contribution is 2.30. The van der Waals surface area contributed by atoms with Crippen LogP contribution < -0.4 is 21.3 Å². The van der Waals surface area contributed by atoms with Crippen LogP contribution in [-0.2, 0) is 0 Å². The Labute approximate surface area is 183 Å². The first-order valence-electron chi connectivity index (χ1n) is 8.53. The number of nitrogens with zero attached hydrogens (tertiary/aromatic N) is 2. The van der Waals surface area contributed by atoms with E-state index in [1.807, 2.05) is 0 Å². The molecule has 0 fully saturated rings. The molecule has 0 saturated heterocycles. The van der Waals surface area contributed by atoms with Crippen LogP contribution in [0.15, 0.2) is 46.4 Å². The molecule has 2 aliphatic rings. The molecular weight excluding hydrogens is 442 g/mol. The van der Waals surface area contributed by atoms with Crippen molar-refractivity contribution in [1.82, 2.24) is 10.6 Å². The van der Waals surface area contributed by atoms with Gasteiger partial charge >= 0.3 is 0 Å². The highest BCUT2D eigenvalue weighted by molar-refractivity contribution is 6.40. The van der Waals surface area contributed by atoms with Gasteiger partial charge in [-0.3, -0.25) is 9.98 Å². The van der Waals surface area contributed by atoms with Crippen LogP contribution in [0.1, 0.15) is 0 Å². The first-order chi connectivity index (χ1) is 13.5. The maximum absolute atomic E-state index is 5.98. The molecule has 28 heavy (non-hydrogen) atoms. The minimum Gasteiger partial charge on any atom is -0.354 e. The van der Waals surface area contributed by atoms with Gasteiger partial charge in [0.2, 0.25) is 0 Å². The second-order valence-corrected chi connectivity index (χ2v) is 7.39. The topological polar surface area (TPSA) is 72.8 Å². The summed E-state index contributed by atoms with van der Waals surface area (Å²) >= 11 is 23.9. The molecular formula is C18H18Cl4N6. The van der Waals surface area contributed by atoms with Crippen LogP contribution in [0.3, 0.4) is 0 Å². The van der Waals surface area contributed by atoms with E-state index in [0.717, 1.165) is 38.1 Å². The van der Waals surface area contributed by atoms with Gasteiger partial charge in [-0.05, 0) is 24.3 Å². The van der Waals surface area contributed by atoms with Crippen molar-refractivity contribution < 1.29 is 0 Å². The third-order valence-corrected chi connectivity index (χ3v) is 5.02. The molecule has 0 amide bonds. The van der Waals surface area contributed by atoms with Crippen molar-refractivity contribution in [3.8, 4) is 0 Å². The van der Waals surface area contributed by atoms with E-state index in [-0.39, 0.29) is 0 Å². The predicted octanol–water partition coefficient (Wildman–Crippen LogP) is 4.73. The standard InChI is InChI=1S/2C9H9Cl2N3/c2*10-6-2-1-3-7(11)8(6)14-9-12-4-5-13-9/h2*1-3H,4-5H2,(H2,12,13,14). The van der Waals surface area contributed by atoms with Gasteiger partial charge in [-0.1, -0.05) is 58.5 Å². The summed E-state index contributed by atoms with van der Waals surface area (Å²) in [5.41, 5.74) is 1.40. The Balaban J connectivity index is 0.000000161. The second kappa shape index (κ2) is 10.1. The number of nitrogens with one attached hydrogen (secondary N) is 4. The Morgan fingerprint density at radius 1 is 0.643 bits per heavy atom. The lowest BCUT2D eigenvalue weighted by Gasteiger charge is -2.09. The van der Waals surface area contributed by atoms with Gasteiger partial charge in [0.25, 0.3) is 0 Å². The molecule has 0 saturated carbocycles. The average molecular weight is 460 g/mol. The van der Waals surface area contributed by atoms with E-state index in [0.29, 0.717) is 31.5 Å². The summed E-state index contributed by atoms with van der Waals surface area (Å²) in [4.78, 5) is 8.38. The van der Waals surface area contributed by atoms with E-state index < -0.39 is 0 Å². The molecule has 0 radical (unpaired) electrons. The van der Waals surface area contributed by atoms with Crippen LogP contribution in [0.5, 0.6) is 0 Å². The molecule has 0 bridgehead atoms. The third-order valence-electron chi connectivity index (χ3n) is 3.76. The highest BCUT2D eigenvalue weighted by Gasteiger charge is 2.11. The summed E-state index contributed by atoms with van der Waals surface area (Å²) in [5.74, 6) is 1.44. The van der Waals surface area contributed by atoms with E-state index in [9.17, 15) is 0 Å². The monoisotopic (exact) mass is 458 g/mol. The number of anilines is 2. The average Bonchev–Trinajstić information content (AvgIpc) is 3.36. The van der Waals surface area contributed by atoms with Gasteiger partial charge in [0.05, 0.1) is 44.6 Å². The largest absolute Gasteiger partial charge is 0.354 e. The van der Waals surface area contributed by atoms with Gasteiger partial charge in [0.1, 0.15) is 0 Å². The zero-order valence-corrected chi connectivity index (χ0v) is 17.7. The summed E-state index contributed by atoms with van der Waals surface area (Å²) < 4.78 is 0. The van der Waals surface area contributed by atoms with Crippen molar-refractivity contribution in [2.45, 2.75) is 0 Å². The van der Waals surface area contributed by atoms with Crippen LogP contribution in [0.2, 0.25) is 20.1 Å². The molecule has 4 N–H and O–H groups in total. The second-order valence-electron chi connectivity index (χ2n) is 5.76. The first-order valence-corrected chi connectivity index (χ1v) is 10.0. The molecule has 4 rings (SSSR count). The van der Waals surface area contributed by atoms with Crippen LogP contribution in [0.25, 0.3) is 0 Å². The fourth-order valence-corrected chi connectivity index (χ4v) is 3.42. The van der Waals surface area contributed by atoms with Crippen LogP contribution in [-0.4, -0.2) is 38.1 Å². The van der Waals surface area contributed by atoms with Crippen molar-refractivity contribution >= 4 is 69.7 Å². The number of hydrogen-bond donors (Lipinski definition) is 4. The number of rotatable bonds is 2. The number of halogens is 4. The SMILES string of the molecule is Clc1cccc(Cl)c1NC1=NCCN1.Clc1cccc(Cl)c1NC1=NCCN1. The maximum atomic E-state index is 5.98. The quantitative estimate of drug-likeness (QED) is 0.523. The van der Waals surface area contributed by atoms with Crippen molar-refractivity contribution in [2.24, 2.45) is 9.98 Å². The van der Waals surface area contributed by atoms with Gasteiger partial charge in [-0.2, -0.15) is 0 Å². The summed E-state index contributed by atoms with van der Waals surface area (Å²) in [7, 11) is 0. The highest BCUT2D eigenvalue weighted by atomic mass is 35.5. The van der Waals surface area contributed by atoms with Gasteiger partial charge in [0, 0.05) is 13.1 Å².